The van der Waals surface area contributed by atoms with Gasteiger partial charge in [-0.1, -0.05) is 11.6 Å². The van der Waals surface area contributed by atoms with E-state index in [1.165, 1.54) is 11.3 Å². The summed E-state index contributed by atoms with van der Waals surface area (Å²) in [5.74, 6) is -0.131. The molecule has 0 fully saturated rings. The van der Waals surface area contributed by atoms with Crippen LogP contribution in [-0.2, 0) is 0 Å². The zero-order valence-corrected chi connectivity index (χ0v) is 11.0. The molecule has 2 N–H and O–H groups in total. The highest BCUT2D eigenvalue weighted by atomic mass is 35.5. The maximum Gasteiger partial charge on any atom is 0.262 e. The van der Waals surface area contributed by atoms with Gasteiger partial charge in [0.25, 0.3) is 5.91 Å². The summed E-state index contributed by atoms with van der Waals surface area (Å²) in [6.45, 7) is 4.18. The normalized spacial score (nSPS) is 12.5. The van der Waals surface area contributed by atoms with E-state index < -0.39 is 0 Å². The number of hydrogen-bond donors (Lipinski definition) is 2. The molecule has 5 heteroatoms. The molecular weight excluding hydrogens is 246 g/mol. The molecule has 1 atom stereocenters. The van der Waals surface area contributed by atoms with Crippen molar-refractivity contribution in [2.75, 3.05) is 6.54 Å². The largest absolute Gasteiger partial charge is 0.393 e. The van der Waals surface area contributed by atoms with Gasteiger partial charge < -0.3 is 10.4 Å². The fourth-order valence-electron chi connectivity index (χ4n) is 1.26. The molecule has 1 amide bonds. The van der Waals surface area contributed by atoms with Crippen molar-refractivity contribution in [1.29, 1.82) is 0 Å². The Morgan fingerprint density at radius 3 is 2.88 bits per heavy atom. The van der Waals surface area contributed by atoms with E-state index in [0.717, 1.165) is 12.0 Å². The summed E-state index contributed by atoms with van der Waals surface area (Å²) < 4.78 is 0. The molecule has 1 aromatic rings. The molecule has 3 nitrogen and oxygen atoms in total. The summed E-state index contributed by atoms with van der Waals surface area (Å²) in [6, 6.07) is 0. The second kappa shape index (κ2) is 6.23. The summed E-state index contributed by atoms with van der Waals surface area (Å²) >= 11 is 7.33. The van der Waals surface area contributed by atoms with Gasteiger partial charge in [-0.05, 0) is 37.6 Å². The van der Waals surface area contributed by atoms with Crippen molar-refractivity contribution >= 4 is 28.8 Å². The van der Waals surface area contributed by atoms with Crippen molar-refractivity contribution in [3.05, 3.63) is 20.8 Å². The van der Waals surface area contributed by atoms with E-state index in [4.69, 9.17) is 16.7 Å². The third kappa shape index (κ3) is 3.77. The van der Waals surface area contributed by atoms with Crippen LogP contribution in [-0.4, -0.2) is 23.7 Å². The number of rotatable bonds is 5. The first-order chi connectivity index (χ1) is 7.52. The van der Waals surface area contributed by atoms with E-state index in [-0.39, 0.29) is 12.0 Å². The van der Waals surface area contributed by atoms with Gasteiger partial charge in [-0.25, -0.2) is 0 Å². The van der Waals surface area contributed by atoms with Crippen LogP contribution in [0.2, 0.25) is 5.02 Å². The van der Waals surface area contributed by atoms with Crippen LogP contribution in [0, 0.1) is 6.92 Å². The maximum absolute atomic E-state index is 11.7. The number of amides is 1. The Labute approximate surface area is 104 Å². The number of thiophene rings is 1. The SMILES string of the molecule is Cc1csc(C(=O)NCCCC(C)O)c1Cl. The molecular formula is C11H16ClNO2S. The van der Waals surface area contributed by atoms with Crippen LogP contribution in [0.3, 0.4) is 0 Å². The highest BCUT2D eigenvalue weighted by Crippen LogP contribution is 2.26. The van der Waals surface area contributed by atoms with Crippen molar-refractivity contribution in [1.82, 2.24) is 5.32 Å². The first kappa shape index (κ1) is 13.5. The summed E-state index contributed by atoms with van der Waals surface area (Å²) in [5, 5.41) is 14.2. The van der Waals surface area contributed by atoms with Gasteiger partial charge in [-0.15, -0.1) is 11.3 Å². The van der Waals surface area contributed by atoms with Gasteiger partial charge in [0.15, 0.2) is 0 Å². The summed E-state index contributed by atoms with van der Waals surface area (Å²) in [7, 11) is 0. The fourth-order valence-corrected chi connectivity index (χ4v) is 2.46. The molecule has 0 aliphatic carbocycles. The number of carbonyl (C=O) groups excluding carboxylic acids is 1. The molecule has 1 rings (SSSR count). The predicted molar refractivity (Wildman–Crippen MR) is 67.3 cm³/mol. The molecule has 0 radical (unpaired) electrons. The monoisotopic (exact) mass is 261 g/mol. The van der Waals surface area contributed by atoms with Crippen molar-refractivity contribution in [2.24, 2.45) is 0 Å². The zero-order chi connectivity index (χ0) is 12.1. The van der Waals surface area contributed by atoms with Crippen molar-refractivity contribution < 1.29 is 9.90 Å². The molecule has 0 aliphatic rings. The van der Waals surface area contributed by atoms with Crippen molar-refractivity contribution in [3.8, 4) is 0 Å². The number of carbonyl (C=O) groups is 1. The van der Waals surface area contributed by atoms with Gasteiger partial charge in [0.2, 0.25) is 0 Å². The predicted octanol–water partition coefficient (Wildman–Crippen LogP) is 2.60. The molecule has 16 heavy (non-hydrogen) atoms. The number of halogens is 1. The Balaban J connectivity index is 2.39. The molecule has 0 aromatic carbocycles. The Morgan fingerprint density at radius 1 is 1.69 bits per heavy atom. The van der Waals surface area contributed by atoms with E-state index in [1.54, 1.807) is 6.92 Å². The summed E-state index contributed by atoms with van der Waals surface area (Å²) in [5.41, 5.74) is 0.931. The number of hydrogen-bond acceptors (Lipinski definition) is 3. The molecule has 90 valence electrons. The second-order valence-corrected chi connectivity index (χ2v) is 5.07. The molecule has 0 bridgehead atoms. The number of aliphatic hydroxyl groups is 1. The van der Waals surface area contributed by atoms with Crippen molar-refractivity contribution in [3.63, 3.8) is 0 Å². The van der Waals surface area contributed by atoms with Crippen LogP contribution < -0.4 is 5.32 Å². The molecule has 1 aromatic heterocycles. The van der Waals surface area contributed by atoms with Crippen LogP contribution >= 0.6 is 22.9 Å². The lowest BCUT2D eigenvalue weighted by molar-refractivity contribution is 0.0954. The average Bonchev–Trinajstić information content (AvgIpc) is 2.54. The molecule has 1 heterocycles. The van der Waals surface area contributed by atoms with Crippen LogP contribution in [0.1, 0.15) is 35.0 Å². The van der Waals surface area contributed by atoms with Crippen LogP contribution in [0.5, 0.6) is 0 Å². The Hall–Kier alpha value is -0.580. The Kier molecular flexibility index (Phi) is 5.25. The standard InChI is InChI=1S/C11H16ClNO2S/c1-7-6-16-10(9(7)12)11(15)13-5-3-4-8(2)14/h6,8,14H,3-5H2,1-2H3,(H,13,15). The molecule has 0 spiro atoms. The highest BCUT2D eigenvalue weighted by Gasteiger charge is 2.13. The number of nitrogens with one attached hydrogen (secondary N) is 1. The minimum absolute atomic E-state index is 0.131. The van der Waals surface area contributed by atoms with Gasteiger partial charge in [-0.2, -0.15) is 0 Å². The quantitative estimate of drug-likeness (QED) is 0.801. The first-order valence-corrected chi connectivity index (χ1v) is 6.48. The smallest absolute Gasteiger partial charge is 0.262 e. The van der Waals surface area contributed by atoms with E-state index in [0.29, 0.717) is 22.9 Å². The Bertz CT molecular complexity index is 363. The third-order valence-electron chi connectivity index (χ3n) is 2.19. The van der Waals surface area contributed by atoms with E-state index in [2.05, 4.69) is 5.32 Å². The fraction of sp³-hybridized carbons (Fsp3) is 0.545. The summed E-state index contributed by atoms with van der Waals surface area (Å²) in [4.78, 5) is 12.2. The van der Waals surface area contributed by atoms with E-state index in [9.17, 15) is 4.79 Å². The number of aryl methyl sites for hydroxylation is 1. The molecule has 0 saturated heterocycles. The van der Waals surface area contributed by atoms with Crippen molar-refractivity contribution in [2.45, 2.75) is 32.8 Å². The molecule has 0 saturated carbocycles. The van der Waals surface area contributed by atoms with Crippen LogP contribution in [0.4, 0.5) is 0 Å². The van der Waals surface area contributed by atoms with E-state index in [1.807, 2.05) is 12.3 Å². The molecule has 0 aliphatic heterocycles. The lowest BCUT2D eigenvalue weighted by atomic mass is 10.2. The minimum atomic E-state index is -0.315. The van der Waals surface area contributed by atoms with Gasteiger partial charge >= 0.3 is 0 Å². The number of aliphatic hydroxyl groups excluding tert-OH is 1. The van der Waals surface area contributed by atoms with E-state index >= 15 is 0 Å². The third-order valence-corrected chi connectivity index (χ3v) is 3.89. The average molecular weight is 262 g/mol. The second-order valence-electron chi connectivity index (χ2n) is 3.81. The van der Waals surface area contributed by atoms with Gasteiger partial charge in [-0.3, -0.25) is 4.79 Å². The summed E-state index contributed by atoms with van der Waals surface area (Å²) in [6.07, 6.45) is 1.15. The lowest BCUT2D eigenvalue weighted by Gasteiger charge is -2.05. The van der Waals surface area contributed by atoms with Crippen LogP contribution in [0.25, 0.3) is 0 Å². The zero-order valence-electron chi connectivity index (χ0n) is 9.42. The first-order valence-electron chi connectivity index (χ1n) is 5.22. The van der Waals surface area contributed by atoms with Gasteiger partial charge in [0.1, 0.15) is 4.88 Å². The Morgan fingerprint density at radius 2 is 2.38 bits per heavy atom. The van der Waals surface area contributed by atoms with Gasteiger partial charge in [0, 0.05) is 6.54 Å². The van der Waals surface area contributed by atoms with Gasteiger partial charge in [0.05, 0.1) is 11.1 Å². The maximum atomic E-state index is 11.7. The topological polar surface area (TPSA) is 49.3 Å². The highest BCUT2D eigenvalue weighted by molar-refractivity contribution is 7.13. The van der Waals surface area contributed by atoms with Crippen LogP contribution in [0.15, 0.2) is 5.38 Å². The lowest BCUT2D eigenvalue weighted by Crippen LogP contribution is -2.24. The molecule has 1 unspecified atom stereocenters. The minimum Gasteiger partial charge on any atom is -0.393 e.